The summed E-state index contributed by atoms with van der Waals surface area (Å²) < 4.78 is 16.3. The molecule has 1 saturated carbocycles. The van der Waals surface area contributed by atoms with Gasteiger partial charge >= 0.3 is 5.97 Å². The molecule has 1 aliphatic heterocycles. The molecule has 152 valence electrons. The average molecular weight is 387 g/mol. The van der Waals surface area contributed by atoms with Gasteiger partial charge in [0, 0.05) is 18.5 Å². The molecule has 0 aromatic heterocycles. The Morgan fingerprint density at radius 3 is 2.75 bits per heavy atom. The normalized spacial score (nSPS) is 24.4. The lowest BCUT2D eigenvalue weighted by molar-refractivity contribution is -0.144. The van der Waals surface area contributed by atoms with Gasteiger partial charge in [0.05, 0.1) is 13.2 Å². The molecule has 0 saturated heterocycles. The molecule has 28 heavy (non-hydrogen) atoms. The molecule has 1 aliphatic carbocycles. The highest BCUT2D eigenvalue weighted by Gasteiger charge is 2.28. The van der Waals surface area contributed by atoms with Crippen LogP contribution in [-0.4, -0.2) is 37.7 Å². The first-order valence-corrected chi connectivity index (χ1v) is 10.1. The summed E-state index contributed by atoms with van der Waals surface area (Å²) in [5.41, 5.74) is 0.802. The Balaban J connectivity index is 1.46. The summed E-state index contributed by atoms with van der Waals surface area (Å²) in [4.78, 5) is 24.0. The first kappa shape index (κ1) is 20.2. The van der Waals surface area contributed by atoms with E-state index in [-0.39, 0.29) is 18.6 Å². The van der Waals surface area contributed by atoms with E-state index < -0.39 is 5.97 Å². The molecule has 3 atom stereocenters. The highest BCUT2D eigenvalue weighted by molar-refractivity contribution is 5.89. The maximum Gasteiger partial charge on any atom is 0.331 e. The minimum absolute atomic E-state index is 0.160. The monoisotopic (exact) mass is 387 g/mol. The van der Waals surface area contributed by atoms with Gasteiger partial charge in [-0.3, -0.25) is 4.79 Å². The second kappa shape index (κ2) is 9.62. The van der Waals surface area contributed by atoms with E-state index in [9.17, 15) is 9.59 Å². The zero-order chi connectivity index (χ0) is 19.9. The third kappa shape index (κ3) is 5.50. The van der Waals surface area contributed by atoms with E-state index in [4.69, 9.17) is 14.2 Å². The zero-order valence-corrected chi connectivity index (χ0v) is 16.6. The molecule has 1 N–H and O–H groups in total. The maximum absolute atomic E-state index is 12.1. The summed E-state index contributed by atoms with van der Waals surface area (Å²) in [5.74, 6) is 1.62. The summed E-state index contributed by atoms with van der Waals surface area (Å²) in [5, 5.41) is 3.00. The highest BCUT2D eigenvalue weighted by Crippen LogP contribution is 2.31. The van der Waals surface area contributed by atoms with Crippen LogP contribution in [0.2, 0.25) is 0 Å². The Labute approximate surface area is 166 Å². The molecule has 0 radical (unpaired) electrons. The van der Waals surface area contributed by atoms with Crippen LogP contribution in [0.5, 0.6) is 11.5 Å². The number of amides is 1. The van der Waals surface area contributed by atoms with Gasteiger partial charge in [0.1, 0.15) is 0 Å². The van der Waals surface area contributed by atoms with Crippen LogP contribution in [0.15, 0.2) is 24.3 Å². The zero-order valence-electron chi connectivity index (χ0n) is 16.6. The summed E-state index contributed by atoms with van der Waals surface area (Å²) in [6, 6.07) is 5.65. The second-order valence-electron chi connectivity index (χ2n) is 7.64. The molecule has 1 aromatic rings. The van der Waals surface area contributed by atoms with Crippen molar-refractivity contribution >= 4 is 18.0 Å². The fourth-order valence-electron chi connectivity index (χ4n) is 3.67. The number of carbonyl (C=O) groups is 2. The van der Waals surface area contributed by atoms with Gasteiger partial charge in [0.25, 0.3) is 5.91 Å². The SMILES string of the molecule is C[C@@H]1[C@H](C)CCC[C@H]1NC(=O)COC(=O)/C=C/c1ccc2c(c1)OCCCO2. The topological polar surface area (TPSA) is 73.9 Å². The van der Waals surface area contributed by atoms with Gasteiger partial charge in [0.2, 0.25) is 0 Å². The Morgan fingerprint density at radius 2 is 1.93 bits per heavy atom. The van der Waals surface area contributed by atoms with Crippen molar-refractivity contribution in [2.45, 2.75) is 45.6 Å². The number of ether oxygens (including phenoxy) is 3. The number of benzene rings is 1. The van der Waals surface area contributed by atoms with Gasteiger partial charge in [-0.15, -0.1) is 0 Å². The van der Waals surface area contributed by atoms with Crippen LogP contribution >= 0.6 is 0 Å². The Bertz CT molecular complexity index is 730. The van der Waals surface area contributed by atoms with Crippen molar-refractivity contribution in [1.82, 2.24) is 5.32 Å². The lowest BCUT2D eigenvalue weighted by Crippen LogP contribution is -2.45. The summed E-state index contributed by atoms with van der Waals surface area (Å²) >= 11 is 0. The van der Waals surface area contributed by atoms with Crippen LogP contribution in [-0.2, 0) is 14.3 Å². The van der Waals surface area contributed by atoms with E-state index in [1.54, 1.807) is 6.08 Å². The molecular weight excluding hydrogens is 358 g/mol. The molecule has 0 unspecified atom stereocenters. The molecule has 3 rings (SSSR count). The van der Waals surface area contributed by atoms with Crippen LogP contribution in [0.25, 0.3) is 6.08 Å². The number of hydrogen-bond acceptors (Lipinski definition) is 5. The molecule has 1 aromatic carbocycles. The molecule has 6 heteroatoms. The van der Waals surface area contributed by atoms with Crippen molar-refractivity contribution in [2.75, 3.05) is 19.8 Å². The van der Waals surface area contributed by atoms with Crippen LogP contribution in [0, 0.1) is 11.8 Å². The van der Waals surface area contributed by atoms with Crippen molar-refractivity contribution in [3.05, 3.63) is 29.8 Å². The molecule has 0 bridgehead atoms. The minimum atomic E-state index is -0.549. The largest absolute Gasteiger partial charge is 0.490 e. The van der Waals surface area contributed by atoms with Crippen molar-refractivity contribution < 1.29 is 23.8 Å². The smallest absolute Gasteiger partial charge is 0.331 e. The lowest BCUT2D eigenvalue weighted by Gasteiger charge is -2.34. The highest BCUT2D eigenvalue weighted by atomic mass is 16.5. The number of hydrogen-bond donors (Lipinski definition) is 1. The molecule has 1 amide bonds. The number of rotatable bonds is 5. The summed E-state index contributed by atoms with van der Waals surface area (Å²) in [6.45, 7) is 5.36. The first-order valence-electron chi connectivity index (χ1n) is 10.1. The van der Waals surface area contributed by atoms with Crippen molar-refractivity contribution in [2.24, 2.45) is 11.8 Å². The van der Waals surface area contributed by atoms with Crippen LogP contribution in [0.4, 0.5) is 0 Å². The predicted molar refractivity (Wildman–Crippen MR) is 106 cm³/mol. The first-order chi connectivity index (χ1) is 13.5. The number of fused-ring (bicyclic) bond motifs is 1. The van der Waals surface area contributed by atoms with E-state index in [2.05, 4.69) is 19.2 Å². The van der Waals surface area contributed by atoms with Gasteiger partial charge in [-0.05, 0) is 42.0 Å². The van der Waals surface area contributed by atoms with Crippen LogP contribution in [0.3, 0.4) is 0 Å². The van der Waals surface area contributed by atoms with Gasteiger partial charge < -0.3 is 19.5 Å². The van der Waals surface area contributed by atoms with Gasteiger partial charge in [0.15, 0.2) is 18.1 Å². The predicted octanol–water partition coefficient (Wildman–Crippen LogP) is 3.35. The molecule has 1 fully saturated rings. The maximum atomic E-state index is 12.1. The molecular formula is C22H29NO5. The minimum Gasteiger partial charge on any atom is -0.490 e. The third-order valence-electron chi connectivity index (χ3n) is 5.58. The Hall–Kier alpha value is -2.50. The quantitative estimate of drug-likeness (QED) is 0.620. The van der Waals surface area contributed by atoms with Gasteiger partial charge in [-0.2, -0.15) is 0 Å². The Morgan fingerprint density at radius 1 is 1.14 bits per heavy atom. The number of carbonyl (C=O) groups excluding carboxylic acids is 2. The lowest BCUT2D eigenvalue weighted by atomic mass is 9.78. The third-order valence-corrected chi connectivity index (χ3v) is 5.58. The van der Waals surface area contributed by atoms with E-state index in [0.29, 0.717) is 36.5 Å². The fourth-order valence-corrected chi connectivity index (χ4v) is 3.67. The van der Waals surface area contributed by atoms with E-state index in [1.807, 2.05) is 18.2 Å². The van der Waals surface area contributed by atoms with Gasteiger partial charge in [-0.25, -0.2) is 4.79 Å². The molecule has 0 spiro atoms. The Kier molecular flexibility index (Phi) is 6.95. The van der Waals surface area contributed by atoms with Crippen molar-refractivity contribution in [3.63, 3.8) is 0 Å². The second-order valence-corrected chi connectivity index (χ2v) is 7.64. The molecule has 2 aliphatic rings. The van der Waals surface area contributed by atoms with E-state index in [0.717, 1.165) is 24.8 Å². The van der Waals surface area contributed by atoms with Crippen molar-refractivity contribution in [1.29, 1.82) is 0 Å². The van der Waals surface area contributed by atoms with Crippen LogP contribution in [0.1, 0.15) is 45.1 Å². The molecule has 1 heterocycles. The standard InChI is InChI=1S/C22H29NO5/c1-15-5-3-6-18(16(15)2)23-21(24)14-28-22(25)10-8-17-7-9-19-20(13-17)27-12-4-11-26-19/h7-10,13,15-16,18H,3-6,11-12,14H2,1-2H3,(H,23,24)/b10-8+/t15-,16-,18-/m1/s1. The number of nitrogens with one attached hydrogen (secondary N) is 1. The number of esters is 1. The summed E-state index contributed by atoms with van der Waals surface area (Å²) in [7, 11) is 0. The van der Waals surface area contributed by atoms with Crippen LogP contribution < -0.4 is 14.8 Å². The average Bonchev–Trinajstić information content (AvgIpc) is 2.93. The van der Waals surface area contributed by atoms with Gasteiger partial charge in [-0.1, -0.05) is 32.8 Å². The van der Waals surface area contributed by atoms with Crippen molar-refractivity contribution in [3.8, 4) is 11.5 Å². The van der Waals surface area contributed by atoms with E-state index >= 15 is 0 Å². The van der Waals surface area contributed by atoms with E-state index in [1.165, 1.54) is 12.5 Å². The fraction of sp³-hybridized carbons (Fsp3) is 0.545. The summed E-state index contributed by atoms with van der Waals surface area (Å²) in [6.07, 6.45) is 7.10. The molecule has 6 nitrogen and oxygen atoms in total.